The molecule has 2 aromatic rings. The van der Waals surface area contributed by atoms with E-state index in [4.69, 9.17) is 0 Å². The quantitative estimate of drug-likeness (QED) is 0.877. The van der Waals surface area contributed by atoms with Gasteiger partial charge in [0.15, 0.2) is 5.54 Å². The van der Waals surface area contributed by atoms with Crippen LogP contribution in [0.1, 0.15) is 19.4 Å². The Morgan fingerprint density at radius 1 is 1.10 bits per heavy atom. The number of aliphatic carboxylic acids is 1. The van der Waals surface area contributed by atoms with E-state index in [0.29, 0.717) is 5.56 Å². The molecule has 0 aliphatic heterocycles. The standard InChI is InChI=1S/C17H18FNO2/c1-12(2)17(16(20)21,13-8-4-3-5-9-13)19-15-11-7-6-10-14(15)18/h3-12,19H,1-2H3,(H,20,21). The Morgan fingerprint density at radius 3 is 2.19 bits per heavy atom. The molecule has 0 spiro atoms. The first-order chi connectivity index (χ1) is 9.98. The van der Waals surface area contributed by atoms with Crippen LogP contribution in [0.3, 0.4) is 0 Å². The Kier molecular flexibility index (Phi) is 4.26. The predicted octanol–water partition coefficient (Wildman–Crippen LogP) is 3.87. The van der Waals surface area contributed by atoms with Crippen LogP contribution in [0.15, 0.2) is 54.6 Å². The van der Waals surface area contributed by atoms with E-state index in [1.54, 1.807) is 56.3 Å². The van der Waals surface area contributed by atoms with Gasteiger partial charge in [0.2, 0.25) is 0 Å². The first-order valence-electron chi connectivity index (χ1n) is 6.80. The van der Waals surface area contributed by atoms with E-state index in [-0.39, 0.29) is 11.6 Å². The Bertz CT molecular complexity index is 628. The largest absolute Gasteiger partial charge is 0.479 e. The lowest BCUT2D eigenvalue weighted by atomic mass is 9.79. The van der Waals surface area contributed by atoms with E-state index >= 15 is 0 Å². The van der Waals surface area contributed by atoms with Crippen molar-refractivity contribution in [2.24, 2.45) is 5.92 Å². The van der Waals surface area contributed by atoms with E-state index < -0.39 is 17.3 Å². The molecule has 0 bridgehead atoms. The molecule has 21 heavy (non-hydrogen) atoms. The summed E-state index contributed by atoms with van der Waals surface area (Å²) in [5.74, 6) is -1.79. The molecule has 2 rings (SSSR count). The normalized spacial score (nSPS) is 13.7. The van der Waals surface area contributed by atoms with Crippen molar-refractivity contribution in [2.75, 3.05) is 5.32 Å². The van der Waals surface area contributed by atoms with Gasteiger partial charge in [0.25, 0.3) is 0 Å². The number of anilines is 1. The maximum Gasteiger partial charge on any atom is 0.334 e. The topological polar surface area (TPSA) is 49.3 Å². The molecule has 2 N–H and O–H groups in total. The van der Waals surface area contributed by atoms with Crippen molar-refractivity contribution in [3.8, 4) is 0 Å². The average Bonchev–Trinajstić information content (AvgIpc) is 2.46. The maximum atomic E-state index is 13.9. The van der Waals surface area contributed by atoms with Crippen LogP contribution < -0.4 is 5.32 Å². The molecule has 0 saturated carbocycles. The number of hydrogen-bond acceptors (Lipinski definition) is 2. The van der Waals surface area contributed by atoms with Gasteiger partial charge in [0.1, 0.15) is 5.82 Å². The van der Waals surface area contributed by atoms with E-state index in [0.717, 1.165) is 0 Å². The third kappa shape index (κ3) is 2.75. The molecular formula is C17H18FNO2. The Hall–Kier alpha value is -2.36. The lowest BCUT2D eigenvalue weighted by Gasteiger charge is -2.36. The minimum atomic E-state index is -1.39. The molecule has 110 valence electrons. The zero-order valence-corrected chi connectivity index (χ0v) is 12.0. The third-order valence-electron chi connectivity index (χ3n) is 3.64. The van der Waals surface area contributed by atoms with Gasteiger partial charge in [0.05, 0.1) is 5.69 Å². The van der Waals surface area contributed by atoms with Crippen LogP contribution in [0.25, 0.3) is 0 Å². The summed E-state index contributed by atoms with van der Waals surface area (Å²) in [5, 5.41) is 12.7. The van der Waals surface area contributed by atoms with Crippen LogP contribution in [0.2, 0.25) is 0 Å². The van der Waals surface area contributed by atoms with Crippen LogP contribution in [-0.2, 0) is 10.3 Å². The van der Waals surface area contributed by atoms with Crippen molar-refractivity contribution in [2.45, 2.75) is 19.4 Å². The summed E-state index contributed by atoms with van der Waals surface area (Å²) in [6.07, 6.45) is 0. The number of para-hydroxylation sites is 1. The third-order valence-corrected chi connectivity index (χ3v) is 3.64. The Morgan fingerprint density at radius 2 is 1.67 bits per heavy atom. The highest BCUT2D eigenvalue weighted by molar-refractivity contribution is 5.85. The minimum Gasteiger partial charge on any atom is -0.479 e. The molecule has 0 radical (unpaired) electrons. The lowest BCUT2D eigenvalue weighted by molar-refractivity contribution is -0.144. The first kappa shape index (κ1) is 15.0. The second kappa shape index (κ2) is 5.95. The van der Waals surface area contributed by atoms with Crippen LogP contribution in [-0.4, -0.2) is 11.1 Å². The zero-order chi connectivity index (χ0) is 15.5. The molecule has 2 aromatic carbocycles. The Balaban J connectivity index is 2.56. The van der Waals surface area contributed by atoms with Crippen LogP contribution >= 0.6 is 0 Å². The van der Waals surface area contributed by atoms with Crippen molar-refractivity contribution in [1.82, 2.24) is 0 Å². The lowest BCUT2D eigenvalue weighted by Crippen LogP contribution is -2.48. The molecular weight excluding hydrogens is 269 g/mol. The summed E-state index contributed by atoms with van der Waals surface area (Å²) in [5.41, 5.74) is -0.614. The van der Waals surface area contributed by atoms with Crippen molar-refractivity contribution in [3.63, 3.8) is 0 Å². The highest BCUT2D eigenvalue weighted by Gasteiger charge is 2.44. The molecule has 0 aromatic heterocycles. The number of halogens is 1. The smallest absolute Gasteiger partial charge is 0.334 e. The van der Waals surface area contributed by atoms with Crippen molar-refractivity contribution in [3.05, 3.63) is 66.0 Å². The highest BCUT2D eigenvalue weighted by Crippen LogP contribution is 2.34. The highest BCUT2D eigenvalue weighted by atomic mass is 19.1. The second-order valence-electron chi connectivity index (χ2n) is 5.24. The summed E-state index contributed by atoms with van der Waals surface area (Å²) < 4.78 is 13.9. The molecule has 4 heteroatoms. The summed E-state index contributed by atoms with van der Waals surface area (Å²) in [6.45, 7) is 3.60. The van der Waals surface area contributed by atoms with Gasteiger partial charge in [0, 0.05) is 0 Å². The summed E-state index contributed by atoms with van der Waals surface area (Å²) >= 11 is 0. The van der Waals surface area contributed by atoms with Gasteiger partial charge < -0.3 is 10.4 Å². The van der Waals surface area contributed by atoms with Crippen molar-refractivity contribution >= 4 is 11.7 Å². The van der Waals surface area contributed by atoms with Crippen LogP contribution in [0.4, 0.5) is 10.1 Å². The SMILES string of the molecule is CC(C)C(Nc1ccccc1F)(C(=O)O)c1ccccc1. The summed E-state index contributed by atoms with van der Waals surface area (Å²) in [7, 11) is 0. The molecule has 0 heterocycles. The second-order valence-corrected chi connectivity index (χ2v) is 5.24. The van der Waals surface area contributed by atoms with Gasteiger partial charge in [-0.2, -0.15) is 0 Å². The van der Waals surface area contributed by atoms with E-state index in [9.17, 15) is 14.3 Å². The maximum absolute atomic E-state index is 13.9. The van der Waals surface area contributed by atoms with Gasteiger partial charge in [-0.05, 0) is 23.6 Å². The molecule has 1 atom stereocenters. The minimum absolute atomic E-state index is 0.178. The fraction of sp³-hybridized carbons (Fsp3) is 0.235. The van der Waals surface area contributed by atoms with Crippen LogP contribution in [0, 0.1) is 11.7 Å². The molecule has 0 aliphatic carbocycles. The average molecular weight is 287 g/mol. The number of rotatable bonds is 5. The molecule has 0 aliphatic rings. The molecule has 0 amide bonds. The van der Waals surface area contributed by atoms with Gasteiger partial charge in [-0.1, -0.05) is 56.3 Å². The van der Waals surface area contributed by atoms with E-state index in [2.05, 4.69) is 5.32 Å². The molecule has 1 unspecified atom stereocenters. The molecule has 0 saturated heterocycles. The van der Waals surface area contributed by atoms with Crippen molar-refractivity contribution < 1.29 is 14.3 Å². The molecule has 3 nitrogen and oxygen atoms in total. The number of hydrogen-bond donors (Lipinski definition) is 2. The van der Waals surface area contributed by atoms with Crippen LogP contribution in [0.5, 0.6) is 0 Å². The fourth-order valence-electron chi connectivity index (χ4n) is 2.45. The zero-order valence-electron chi connectivity index (χ0n) is 12.0. The van der Waals surface area contributed by atoms with E-state index in [1.807, 2.05) is 6.07 Å². The fourth-order valence-corrected chi connectivity index (χ4v) is 2.45. The Labute approximate surface area is 123 Å². The number of nitrogens with one attached hydrogen (secondary N) is 1. The number of carbonyl (C=O) groups is 1. The molecule has 0 fully saturated rings. The van der Waals surface area contributed by atoms with Gasteiger partial charge in [-0.3, -0.25) is 0 Å². The van der Waals surface area contributed by atoms with Gasteiger partial charge >= 0.3 is 5.97 Å². The number of carboxylic acids is 1. The van der Waals surface area contributed by atoms with E-state index in [1.165, 1.54) is 6.07 Å². The monoisotopic (exact) mass is 287 g/mol. The van der Waals surface area contributed by atoms with Crippen molar-refractivity contribution in [1.29, 1.82) is 0 Å². The number of carboxylic acid groups (broad SMARTS) is 1. The predicted molar refractivity (Wildman–Crippen MR) is 80.6 cm³/mol. The first-order valence-corrected chi connectivity index (χ1v) is 6.80. The number of benzene rings is 2. The summed E-state index contributed by atoms with van der Waals surface area (Å²) in [6, 6.07) is 14.9. The van der Waals surface area contributed by atoms with Gasteiger partial charge in [-0.15, -0.1) is 0 Å². The summed E-state index contributed by atoms with van der Waals surface area (Å²) in [4.78, 5) is 12.0. The van der Waals surface area contributed by atoms with Gasteiger partial charge in [-0.25, -0.2) is 9.18 Å².